The Bertz CT molecular complexity index is 950. The minimum atomic E-state index is -0.214. The van der Waals surface area contributed by atoms with Gasteiger partial charge in [-0.2, -0.15) is 0 Å². The van der Waals surface area contributed by atoms with Crippen LogP contribution in [0.1, 0.15) is 93.4 Å². The van der Waals surface area contributed by atoms with Crippen LogP contribution in [0.2, 0.25) is 0 Å². The Balaban J connectivity index is 1.50. The quantitative estimate of drug-likeness (QED) is 0.371. The molecule has 182 valence electrons. The normalized spacial score (nSPS) is 48.1. The van der Waals surface area contributed by atoms with E-state index in [4.69, 9.17) is 4.74 Å². The SMILES string of the molecule is CC(C)=C[C@@H]1C[C@H]([C@H]2CC[C@@]3(C)C4=CC[C@H]5C(C)(C)[C@@H](O)CC[C@]5(C)C4=CC[C@]23C)C(=O)O1. The first-order valence-corrected chi connectivity index (χ1v) is 13.3. The number of esters is 1. The highest BCUT2D eigenvalue weighted by atomic mass is 16.5. The van der Waals surface area contributed by atoms with E-state index in [0.717, 1.165) is 44.9 Å². The molecular weight excluding hydrogens is 408 g/mol. The summed E-state index contributed by atoms with van der Waals surface area (Å²) >= 11 is 0. The van der Waals surface area contributed by atoms with Gasteiger partial charge >= 0.3 is 5.97 Å². The molecule has 0 aromatic carbocycles. The first-order valence-electron chi connectivity index (χ1n) is 13.3. The number of aliphatic hydroxyl groups excluding tert-OH is 1. The molecule has 0 aromatic heterocycles. The smallest absolute Gasteiger partial charge is 0.309 e. The Kier molecular flexibility index (Phi) is 5.19. The number of carbonyl (C=O) groups is 1. The fraction of sp³-hybridized carbons (Fsp3) is 0.767. The molecular formula is C30H44O3. The zero-order valence-corrected chi connectivity index (χ0v) is 21.8. The average molecular weight is 453 g/mol. The van der Waals surface area contributed by atoms with Gasteiger partial charge in [0.2, 0.25) is 0 Å². The van der Waals surface area contributed by atoms with Crippen molar-refractivity contribution >= 4 is 5.97 Å². The number of ether oxygens (including phenoxy) is 1. The summed E-state index contributed by atoms with van der Waals surface area (Å²) in [5.74, 6) is 0.891. The second kappa shape index (κ2) is 7.33. The third-order valence-electron chi connectivity index (χ3n) is 11.3. The van der Waals surface area contributed by atoms with Crippen LogP contribution in [0.5, 0.6) is 0 Å². The highest BCUT2D eigenvalue weighted by molar-refractivity contribution is 5.75. The maximum atomic E-state index is 13.0. The molecule has 3 fully saturated rings. The van der Waals surface area contributed by atoms with Crippen LogP contribution >= 0.6 is 0 Å². The van der Waals surface area contributed by atoms with Gasteiger partial charge in [-0.25, -0.2) is 0 Å². The average Bonchev–Trinajstić information content (AvgIpc) is 3.20. The van der Waals surface area contributed by atoms with Crippen LogP contribution in [0.15, 0.2) is 34.9 Å². The van der Waals surface area contributed by atoms with E-state index in [9.17, 15) is 9.90 Å². The number of fused-ring (bicyclic) bond motifs is 5. The number of hydrogen-bond donors (Lipinski definition) is 1. The van der Waals surface area contributed by atoms with Crippen molar-refractivity contribution in [2.75, 3.05) is 0 Å². The highest BCUT2D eigenvalue weighted by Gasteiger charge is 2.64. The van der Waals surface area contributed by atoms with Crippen molar-refractivity contribution in [3.05, 3.63) is 34.9 Å². The van der Waals surface area contributed by atoms with Crippen molar-refractivity contribution in [3.8, 4) is 0 Å². The fourth-order valence-electron chi connectivity index (χ4n) is 9.11. The van der Waals surface area contributed by atoms with E-state index >= 15 is 0 Å². The molecule has 4 aliphatic carbocycles. The lowest BCUT2D eigenvalue weighted by molar-refractivity contribution is -0.145. The third kappa shape index (κ3) is 3.06. The molecule has 33 heavy (non-hydrogen) atoms. The molecule has 0 spiro atoms. The van der Waals surface area contributed by atoms with E-state index in [-0.39, 0.29) is 45.8 Å². The van der Waals surface area contributed by atoms with Crippen LogP contribution in [-0.4, -0.2) is 23.3 Å². The summed E-state index contributed by atoms with van der Waals surface area (Å²) in [5.41, 5.74) is 4.60. The van der Waals surface area contributed by atoms with Crippen LogP contribution in [0.4, 0.5) is 0 Å². The van der Waals surface area contributed by atoms with Crippen molar-refractivity contribution < 1.29 is 14.6 Å². The lowest BCUT2D eigenvalue weighted by Crippen LogP contribution is -2.54. The Labute approximate surface area is 200 Å². The topological polar surface area (TPSA) is 46.5 Å². The summed E-state index contributed by atoms with van der Waals surface area (Å²) < 4.78 is 5.81. The molecule has 2 saturated carbocycles. The van der Waals surface area contributed by atoms with Gasteiger partial charge in [-0.3, -0.25) is 4.79 Å². The third-order valence-corrected chi connectivity index (χ3v) is 11.3. The Morgan fingerprint density at radius 1 is 1.06 bits per heavy atom. The Hall–Kier alpha value is -1.35. The van der Waals surface area contributed by atoms with E-state index in [0.29, 0.717) is 11.8 Å². The molecule has 3 heteroatoms. The first-order chi connectivity index (χ1) is 15.3. The molecule has 0 bridgehead atoms. The summed E-state index contributed by atoms with van der Waals surface area (Å²) in [7, 11) is 0. The maximum Gasteiger partial charge on any atom is 0.309 e. The monoisotopic (exact) mass is 452 g/mol. The summed E-state index contributed by atoms with van der Waals surface area (Å²) in [5, 5.41) is 10.8. The van der Waals surface area contributed by atoms with Crippen LogP contribution < -0.4 is 0 Å². The minimum absolute atomic E-state index is 0.0173. The lowest BCUT2D eigenvalue weighted by atomic mass is 9.44. The number of rotatable bonds is 2. The molecule has 1 heterocycles. The first kappa shape index (κ1) is 23.4. The van der Waals surface area contributed by atoms with Crippen molar-refractivity contribution in [2.45, 2.75) is 106 Å². The predicted molar refractivity (Wildman–Crippen MR) is 132 cm³/mol. The molecule has 0 unspecified atom stereocenters. The number of aliphatic hydroxyl groups is 1. The summed E-state index contributed by atoms with van der Waals surface area (Å²) in [6, 6.07) is 0. The molecule has 0 amide bonds. The van der Waals surface area contributed by atoms with E-state index in [1.165, 1.54) is 5.57 Å². The zero-order valence-electron chi connectivity index (χ0n) is 21.8. The predicted octanol–water partition coefficient (Wildman–Crippen LogP) is 6.77. The largest absolute Gasteiger partial charge is 0.458 e. The van der Waals surface area contributed by atoms with Crippen molar-refractivity contribution in [2.24, 2.45) is 39.4 Å². The van der Waals surface area contributed by atoms with Crippen LogP contribution in [0, 0.1) is 39.4 Å². The second-order valence-corrected chi connectivity index (χ2v) is 13.5. The fourth-order valence-corrected chi connectivity index (χ4v) is 9.11. The highest BCUT2D eigenvalue weighted by Crippen LogP contribution is 2.72. The zero-order chi connectivity index (χ0) is 24.0. The Morgan fingerprint density at radius 3 is 2.48 bits per heavy atom. The summed E-state index contributed by atoms with van der Waals surface area (Å²) in [4.78, 5) is 13.0. The number of carbonyl (C=O) groups excluding carboxylic acids is 1. The molecule has 8 atom stereocenters. The van der Waals surface area contributed by atoms with Gasteiger partial charge in [-0.1, -0.05) is 52.3 Å². The van der Waals surface area contributed by atoms with Crippen LogP contribution in [0.3, 0.4) is 0 Å². The van der Waals surface area contributed by atoms with Gasteiger partial charge in [0.15, 0.2) is 0 Å². The van der Waals surface area contributed by atoms with Gasteiger partial charge in [0, 0.05) is 6.42 Å². The molecule has 0 aromatic rings. The molecule has 1 N–H and O–H groups in total. The van der Waals surface area contributed by atoms with Crippen LogP contribution in [0.25, 0.3) is 0 Å². The molecule has 5 rings (SSSR count). The van der Waals surface area contributed by atoms with Gasteiger partial charge < -0.3 is 9.84 Å². The van der Waals surface area contributed by atoms with Gasteiger partial charge in [0.1, 0.15) is 6.10 Å². The van der Waals surface area contributed by atoms with Gasteiger partial charge in [0.05, 0.1) is 12.0 Å². The van der Waals surface area contributed by atoms with Gasteiger partial charge in [-0.15, -0.1) is 0 Å². The van der Waals surface area contributed by atoms with Crippen molar-refractivity contribution in [1.29, 1.82) is 0 Å². The summed E-state index contributed by atoms with van der Waals surface area (Å²) in [6.45, 7) is 16.1. The van der Waals surface area contributed by atoms with Crippen molar-refractivity contribution in [3.63, 3.8) is 0 Å². The number of hydrogen-bond acceptors (Lipinski definition) is 3. The lowest BCUT2D eigenvalue weighted by Gasteiger charge is -2.61. The standard InChI is InChI=1S/C30H44O3/c1-18(2)16-19-17-20(26(32)33-19)21-10-14-30(7)23-8-9-24-27(3,4)25(31)12-13-28(24,5)22(23)11-15-29(21,30)6/h8,11,16,19-21,24-25,31H,9-10,12-15,17H2,1-7H3/t19-,20-,21-,24+,25+,28-,29-,30+/m1/s1. The molecule has 3 nitrogen and oxygen atoms in total. The minimum Gasteiger partial charge on any atom is -0.458 e. The number of allylic oxidation sites excluding steroid dienone is 5. The molecule has 5 aliphatic rings. The van der Waals surface area contributed by atoms with Crippen LogP contribution in [-0.2, 0) is 9.53 Å². The molecule has 1 aliphatic heterocycles. The summed E-state index contributed by atoms with van der Waals surface area (Å²) in [6.07, 6.45) is 14.1. The van der Waals surface area contributed by atoms with Gasteiger partial charge in [0.25, 0.3) is 0 Å². The van der Waals surface area contributed by atoms with E-state index in [1.807, 2.05) is 0 Å². The molecule has 1 saturated heterocycles. The Morgan fingerprint density at radius 2 is 1.79 bits per heavy atom. The number of cyclic esters (lactones) is 1. The molecule has 0 radical (unpaired) electrons. The van der Waals surface area contributed by atoms with E-state index in [1.54, 1.807) is 11.1 Å². The van der Waals surface area contributed by atoms with Crippen molar-refractivity contribution in [1.82, 2.24) is 0 Å². The second-order valence-electron chi connectivity index (χ2n) is 13.5. The maximum absolute atomic E-state index is 13.0. The van der Waals surface area contributed by atoms with E-state index < -0.39 is 0 Å². The van der Waals surface area contributed by atoms with Gasteiger partial charge in [-0.05, 0) is 103 Å². The van der Waals surface area contributed by atoms with E-state index in [2.05, 4.69) is 66.7 Å².